The molecule has 3 nitrogen and oxygen atoms in total. The highest BCUT2D eigenvalue weighted by atomic mass is 16.5. The van der Waals surface area contributed by atoms with Gasteiger partial charge < -0.3 is 9.47 Å². The fraction of sp³-hybridized carbons (Fsp3) is 0.700. The van der Waals surface area contributed by atoms with Crippen molar-refractivity contribution in [1.29, 1.82) is 5.26 Å². The lowest BCUT2D eigenvalue weighted by atomic mass is 9.83. The van der Waals surface area contributed by atoms with Crippen molar-refractivity contribution in [2.75, 3.05) is 26.4 Å². The van der Waals surface area contributed by atoms with E-state index < -0.39 is 0 Å². The van der Waals surface area contributed by atoms with Crippen LogP contribution in [0.2, 0.25) is 0 Å². The van der Waals surface area contributed by atoms with Crippen LogP contribution in [0.15, 0.2) is 12.7 Å². The quantitative estimate of drug-likeness (QED) is 0.487. The molecule has 0 aromatic rings. The molecule has 0 aromatic heterocycles. The average molecular weight is 181 g/mol. The molecule has 0 atom stereocenters. The van der Waals surface area contributed by atoms with E-state index in [2.05, 4.69) is 12.6 Å². The smallest absolute Gasteiger partial charge is 0.0850 e. The molecule has 0 radical (unpaired) electrons. The Hall–Kier alpha value is -0.850. The number of ether oxygens (including phenoxy) is 2. The summed E-state index contributed by atoms with van der Waals surface area (Å²) in [4.78, 5) is 0. The molecule has 0 spiro atoms. The van der Waals surface area contributed by atoms with Gasteiger partial charge in [-0.1, -0.05) is 6.08 Å². The van der Waals surface area contributed by atoms with Crippen molar-refractivity contribution in [2.24, 2.45) is 5.41 Å². The van der Waals surface area contributed by atoms with Crippen LogP contribution >= 0.6 is 0 Å². The van der Waals surface area contributed by atoms with Crippen LogP contribution in [0.25, 0.3) is 0 Å². The van der Waals surface area contributed by atoms with Crippen LogP contribution in [0, 0.1) is 16.7 Å². The van der Waals surface area contributed by atoms with E-state index in [0.29, 0.717) is 26.4 Å². The Morgan fingerprint density at radius 3 is 2.77 bits per heavy atom. The van der Waals surface area contributed by atoms with Crippen molar-refractivity contribution in [3.8, 4) is 6.07 Å². The van der Waals surface area contributed by atoms with E-state index in [1.54, 1.807) is 6.08 Å². The summed E-state index contributed by atoms with van der Waals surface area (Å²) in [7, 11) is 0. The zero-order chi connectivity index (χ0) is 9.57. The minimum Gasteiger partial charge on any atom is -0.381 e. The number of hydrogen-bond donors (Lipinski definition) is 0. The van der Waals surface area contributed by atoms with Crippen molar-refractivity contribution in [2.45, 2.75) is 12.8 Å². The van der Waals surface area contributed by atoms with Crippen LogP contribution in [0.5, 0.6) is 0 Å². The van der Waals surface area contributed by atoms with E-state index in [0.717, 1.165) is 12.8 Å². The van der Waals surface area contributed by atoms with Gasteiger partial charge in [-0.2, -0.15) is 5.26 Å². The summed E-state index contributed by atoms with van der Waals surface area (Å²) < 4.78 is 10.5. The summed E-state index contributed by atoms with van der Waals surface area (Å²) >= 11 is 0. The molecule has 1 aliphatic rings. The third kappa shape index (κ3) is 2.83. The topological polar surface area (TPSA) is 42.2 Å². The van der Waals surface area contributed by atoms with E-state index in [9.17, 15) is 0 Å². The number of hydrogen-bond acceptors (Lipinski definition) is 3. The monoisotopic (exact) mass is 181 g/mol. The molecule has 0 N–H and O–H groups in total. The van der Waals surface area contributed by atoms with Crippen molar-refractivity contribution in [3.63, 3.8) is 0 Å². The first-order valence-corrected chi connectivity index (χ1v) is 4.51. The molecule has 1 heterocycles. The molecular weight excluding hydrogens is 166 g/mol. The average Bonchev–Trinajstić information content (AvgIpc) is 2.20. The van der Waals surface area contributed by atoms with E-state index >= 15 is 0 Å². The maximum atomic E-state index is 9.03. The predicted octanol–water partition coefficient (Wildman–Crippen LogP) is 1.51. The summed E-state index contributed by atoms with van der Waals surface area (Å²) in [5.41, 5.74) is -0.318. The Balaban J connectivity index is 2.39. The lowest BCUT2D eigenvalue weighted by Gasteiger charge is -2.29. The van der Waals surface area contributed by atoms with Gasteiger partial charge in [0, 0.05) is 13.2 Å². The summed E-state index contributed by atoms with van der Waals surface area (Å²) in [6.07, 6.45) is 3.26. The van der Waals surface area contributed by atoms with Gasteiger partial charge in [-0.05, 0) is 12.8 Å². The molecule has 0 unspecified atom stereocenters. The van der Waals surface area contributed by atoms with Crippen LogP contribution in [0.3, 0.4) is 0 Å². The first kappa shape index (κ1) is 10.2. The molecular formula is C10H15NO2. The fourth-order valence-electron chi connectivity index (χ4n) is 1.39. The standard InChI is InChI=1S/C10H15NO2/c1-2-5-13-9-10(8-11)3-6-12-7-4-10/h2H,1,3-7,9H2. The third-order valence-corrected chi connectivity index (χ3v) is 2.30. The van der Waals surface area contributed by atoms with Gasteiger partial charge in [-0.15, -0.1) is 6.58 Å². The van der Waals surface area contributed by atoms with Crippen LogP contribution in [0.1, 0.15) is 12.8 Å². The predicted molar refractivity (Wildman–Crippen MR) is 49.1 cm³/mol. The second kappa shape index (κ2) is 5.00. The van der Waals surface area contributed by atoms with Crippen LogP contribution in [0.4, 0.5) is 0 Å². The van der Waals surface area contributed by atoms with Gasteiger partial charge in [0.05, 0.1) is 24.7 Å². The highest BCUT2D eigenvalue weighted by Gasteiger charge is 2.32. The Bertz CT molecular complexity index is 201. The first-order chi connectivity index (χ1) is 6.33. The minimum absolute atomic E-state index is 0.318. The molecule has 1 saturated heterocycles. The molecule has 72 valence electrons. The van der Waals surface area contributed by atoms with Gasteiger partial charge in [-0.25, -0.2) is 0 Å². The number of nitrogens with zero attached hydrogens (tertiary/aromatic N) is 1. The molecule has 1 rings (SSSR count). The van der Waals surface area contributed by atoms with Crippen LogP contribution in [-0.2, 0) is 9.47 Å². The Labute approximate surface area is 78.9 Å². The van der Waals surface area contributed by atoms with Crippen molar-refractivity contribution < 1.29 is 9.47 Å². The molecule has 0 aromatic carbocycles. The third-order valence-electron chi connectivity index (χ3n) is 2.30. The first-order valence-electron chi connectivity index (χ1n) is 4.51. The van der Waals surface area contributed by atoms with Gasteiger partial charge in [0.1, 0.15) is 0 Å². The minimum atomic E-state index is -0.318. The van der Waals surface area contributed by atoms with Gasteiger partial charge in [0.2, 0.25) is 0 Å². The van der Waals surface area contributed by atoms with Crippen LogP contribution in [-0.4, -0.2) is 26.4 Å². The summed E-state index contributed by atoms with van der Waals surface area (Å²) in [6.45, 7) is 5.92. The molecule has 13 heavy (non-hydrogen) atoms. The lowest BCUT2D eigenvalue weighted by Crippen LogP contribution is -2.32. The molecule has 0 bridgehead atoms. The van der Waals surface area contributed by atoms with Crippen LogP contribution < -0.4 is 0 Å². The Morgan fingerprint density at radius 2 is 2.23 bits per heavy atom. The normalized spacial score (nSPS) is 20.5. The molecule has 1 aliphatic heterocycles. The van der Waals surface area contributed by atoms with Crippen molar-refractivity contribution in [3.05, 3.63) is 12.7 Å². The van der Waals surface area contributed by atoms with Gasteiger partial charge in [0.15, 0.2) is 0 Å². The Morgan fingerprint density at radius 1 is 1.54 bits per heavy atom. The van der Waals surface area contributed by atoms with Gasteiger partial charge >= 0.3 is 0 Å². The lowest BCUT2D eigenvalue weighted by molar-refractivity contribution is -0.00510. The maximum Gasteiger partial charge on any atom is 0.0850 e. The largest absolute Gasteiger partial charge is 0.381 e. The van der Waals surface area contributed by atoms with Gasteiger partial charge in [0.25, 0.3) is 0 Å². The second-order valence-corrected chi connectivity index (χ2v) is 3.31. The van der Waals surface area contributed by atoms with E-state index in [1.165, 1.54) is 0 Å². The summed E-state index contributed by atoms with van der Waals surface area (Å²) in [5, 5.41) is 9.03. The zero-order valence-corrected chi connectivity index (χ0v) is 7.79. The number of rotatable bonds is 4. The SMILES string of the molecule is C=CCOCC1(C#N)CCOCC1. The zero-order valence-electron chi connectivity index (χ0n) is 7.79. The van der Waals surface area contributed by atoms with E-state index in [-0.39, 0.29) is 5.41 Å². The molecule has 0 aliphatic carbocycles. The van der Waals surface area contributed by atoms with E-state index in [1.807, 2.05) is 0 Å². The fourth-order valence-corrected chi connectivity index (χ4v) is 1.39. The van der Waals surface area contributed by atoms with Crippen molar-refractivity contribution >= 4 is 0 Å². The molecule has 0 saturated carbocycles. The van der Waals surface area contributed by atoms with Gasteiger partial charge in [-0.3, -0.25) is 0 Å². The Kier molecular flexibility index (Phi) is 3.94. The van der Waals surface area contributed by atoms with E-state index in [4.69, 9.17) is 14.7 Å². The second-order valence-electron chi connectivity index (χ2n) is 3.31. The molecule has 3 heteroatoms. The molecule has 0 amide bonds. The highest BCUT2D eigenvalue weighted by Crippen LogP contribution is 2.29. The number of nitriles is 1. The molecule has 1 fully saturated rings. The maximum absolute atomic E-state index is 9.03. The highest BCUT2D eigenvalue weighted by molar-refractivity contribution is 5.00. The summed E-state index contributed by atoms with van der Waals surface area (Å²) in [6, 6.07) is 2.34. The summed E-state index contributed by atoms with van der Waals surface area (Å²) in [5.74, 6) is 0. The van der Waals surface area contributed by atoms with Crippen molar-refractivity contribution in [1.82, 2.24) is 0 Å².